The maximum absolute atomic E-state index is 6.53. The van der Waals surface area contributed by atoms with Gasteiger partial charge in [0, 0.05) is 78.4 Å². The lowest BCUT2D eigenvalue weighted by atomic mass is 10.1. The molecule has 1 aromatic heterocycles. The third-order valence-corrected chi connectivity index (χ3v) is 12.4. The summed E-state index contributed by atoms with van der Waals surface area (Å²) in [5, 5.41) is 6.53. The van der Waals surface area contributed by atoms with E-state index in [1.54, 1.807) is 0 Å². The van der Waals surface area contributed by atoms with Crippen molar-refractivity contribution in [2.75, 3.05) is 38.0 Å². The van der Waals surface area contributed by atoms with Crippen molar-refractivity contribution in [1.29, 1.82) is 0 Å². The number of fused-ring (bicyclic) bond motifs is 2. The van der Waals surface area contributed by atoms with Gasteiger partial charge in [0.15, 0.2) is 0 Å². The molecule has 0 atom stereocenters. The molecule has 0 saturated carbocycles. The highest BCUT2D eigenvalue weighted by Gasteiger charge is 2.27. The summed E-state index contributed by atoms with van der Waals surface area (Å²) < 4.78 is 12.4. The number of rotatable bonds is 8. The van der Waals surface area contributed by atoms with Gasteiger partial charge >= 0.3 is 0 Å². The molecule has 0 bridgehead atoms. The molecule has 238 valence electrons. The first kappa shape index (κ1) is 31.2. The standard InChI is InChI=1S/C42H39N4OP/c1-45(2)32-24-26-37-40(28-32)47-41-29-33(46(3)4)25-27-38(41)42(37)43-30-31-16-14-15-23-39(31)44-48(34-17-8-5-9-18-34,35-19-10-6-11-20-35)36-21-12-7-13-22-36/h5-29H,30H2,1-4H3. The van der Waals surface area contributed by atoms with Gasteiger partial charge < -0.3 is 14.2 Å². The summed E-state index contributed by atoms with van der Waals surface area (Å²) >= 11 is 0. The molecule has 5 nitrogen and oxygen atoms in total. The van der Waals surface area contributed by atoms with Crippen LogP contribution in [-0.4, -0.2) is 28.2 Å². The zero-order chi connectivity index (χ0) is 33.1. The zero-order valence-corrected chi connectivity index (χ0v) is 28.7. The van der Waals surface area contributed by atoms with Crippen LogP contribution in [0.2, 0.25) is 0 Å². The highest BCUT2D eigenvalue weighted by molar-refractivity contribution is 7.87. The van der Waals surface area contributed by atoms with Gasteiger partial charge in [-0.2, -0.15) is 0 Å². The van der Waals surface area contributed by atoms with Crippen LogP contribution in [0, 0.1) is 0 Å². The van der Waals surface area contributed by atoms with Crippen molar-refractivity contribution >= 4 is 62.0 Å². The molecule has 48 heavy (non-hydrogen) atoms. The number of anilines is 2. The minimum Gasteiger partial charge on any atom is -0.456 e. The largest absolute Gasteiger partial charge is 0.456 e. The molecule has 7 rings (SSSR count). The van der Waals surface area contributed by atoms with Crippen molar-refractivity contribution in [3.05, 3.63) is 163 Å². The number of hydrogen-bond donors (Lipinski definition) is 0. The molecule has 0 spiro atoms. The first-order valence-electron chi connectivity index (χ1n) is 16.2. The van der Waals surface area contributed by atoms with Crippen LogP contribution in [0.15, 0.2) is 166 Å². The molecule has 1 heterocycles. The summed E-state index contributed by atoms with van der Waals surface area (Å²) in [5.41, 5.74) is 5.79. The van der Waals surface area contributed by atoms with Gasteiger partial charge in [-0.25, -0.2) is 0 Å². The first-order valence-corrected chi connectivity index (χ1v) is 17.9. The predicted molar refractivity (Wildman–Crippen MR) is 205 cm³/mol. The van der Waals surface area contributed by atoms with E-state index in [1.807, 2.05) is 28.2 Å². The Kier molecular flexibility index (Phi) is 8.71. The average molecular weight is 647 g/mol. The summed E-state index contributed by atoms with van der Waals surface area (Å²) in [6.07, 6.45) is 0. The summed E-state index contributed by atoms with van der Waals surface area (Å²) in [7, 11) is 5.72. The Morgan fingerprint density at radius 1 is 0.521 bits per heavy atom. The van der Waals surface area contributed by atoms with Crippen LogP contribution in [0.3, 0.4) is 0 Å². The fraction of sp³-hybridized carbons (Fsp3) is 0.119. The third-order valence-electron chi connectivity index (χ3n) is 8.74. The van der Waals surface area contributed by atoms with Crippen molar-refractivity contribution in [3.63, 3.8) is 0 Å². The molecule has 0 N–H and O–H groups in total. The van der Waals surface area contributed by atoms with E-state index in [-0.39, 0.29) is 0 Å². The Morgan fingerprint density at radius 2 is 0.958 bits per heavy atom. The molecule has 0 aliphatic heterocycles. The molecular formula is C42H39N4OP. The van der Waals surface area contributed by atoms with Gasteiger partial charge in [0.25, 0.3) is 0 Å². The van der Waals surface area contributed by atoms with Crippen LogP contribution in [-0.2, 0) is 6.54 Å². The molecular weight excluding hydrogens is 607 g/mol. The molecule has 0 radical (unpaired) electrons. The van der Waals surface area contributed by atoms with Gasteiger partial charge in [0.05, 0.1) is 24.6 Å². The van der Waals surface area contributed by atoms with Crippen LogP contribution >= 0.6 is 7.05 Å². The van der Waals surface area contributed by atoms with Crippen LogP contribution in [0.1, 0.15) is 5.56 Å². The molecule has 0 fully saturated rings. The monoisotopic (exact) mass is 646 g/mol. The van der Waals surface area contributed by atoms with Crippen molar-refractivity contribution in [3.8, 4) is 0 Å². The molecule has 0 saturated heterocycles. The second-order valence-electron chi connectivity index (χ2n) is 12.3. The van der Waals surface area contributed by atoms with Gasteiger partial charge in [0.2, 0.25) is 0 Å². The summed E-state index contributed by atoms with van der Waals surface area (Å²) in [4.78, 5) is 9.53. The fourth-order valence-electron chi connectivity index (χ4n) is 6.19. The van der Waals surface area contributed by atoms with Gasteiger partial charge in [-0.15, -0.1) is 0 Å². The van der Waals surface area contributed by atoms with Gasteiger partial charge in [0.1, 0.15) is 11.2 Å². The van der Waals surface area contributed by atoms with E-state index in [0.717, 1.165) is 49.9 Å². The second-order valence-corrected chi connectivity index (χ2v) is 15.3. The molecule has 6 aromatic carbocycles. The molecule has 0 aliphatic rings. The minimum absolute atomic E-state index is 0.469. The zero-order valence-electron chi connectivity index (χ0n) is 27.8. The Bertz CT molecular complexity index is 2160. The van der Waals surface area contributed by atoms with Crippen LogP contribution in [0.4, 0.5) is 17.1 Å². The van der Waals surface area contributed by atoms with E-state index >= 15 is 0 Å². The van der Waals surface area contributed by atoms with Crippen LogP contribution in [0.25, 0.3) is 21.9 Å². The highest BCUT2D eigenvalue weighted by Crippen LogP contribution is 2.49. The van der Waals surface area contributed by atoms with E-state index in [2.05, 4.69) is 161 Å². The van der Waals surface area contributed by atoms with Gasteiger partial charge in [-0.05, 0) is 35.9 Å². The smallest absolute Gasteiger partial charge is 0.138 e. The minimum atomic E-state index is -2.45. The first-order chi connectivity index (χ1) is 23.4. The lowest BCUT2D eigenvalue weighted by molar-refractivity contribution is 0.659. The quantitative estimate of drug-likeness (QED) is 0.123. The van der Waals surface area contributed by atoms with Crippen LogP contribution < -0.4 is 31.1 Å². The Labute approximate surface area is 282 Å². The summed E-state index contributed by atoms with van der Waals surface area (Å²) in [6, 6.07) is 53.4. The Hall–Kier alpha value is -5.38. The summed E-state index contributed by atoms with van der Waals surface area (Å²) in [6.45, 7) is 0.469. The van der Waals surface area contributed by atoms with Crippen molar-refractivity contribution in [2.24, 2.45) is 9.74 Å². The second kappa shape index (κ2) is 13.4. The number of hydrogen-bond acceptors (Lipinski definition) is 5. The normalized spacial score (nSPS) is 11.4. The van der Waals surface area contributed by atoms with E-state index < -0.39 is 7.05 Å². The van der Waals surface area contributed by atoms with E-state index in [4.69, 9.17) is 14.2 Å². The molecule has 7 aromatic rings. The van der Waals surface area contributed by atoms with Crippen molar-refractivity contribution in [1.82, 2.24) is 0 Å². The highest BCUT2D eigenvalue weighted by atomic mass is 31.2. The van der Waals surface area contributed by atoms with Gasteiger partial charge in [-0.1, -0.05) is 109 Å². The van der Waals surface area contributed by atoms with E-state index in [9.17, 15) is 0 Å². The topological polar surface area (TPSA) is 44.3 Å². The van der Waals surface area contributed by atoms with Crippen molar-refractivity contribution < 1.29 is 4.42 Å². The number of benzene rings is 6. The Morgan fingerprint density at radius 3 is 1.42 bits per heavy atom. The Balaban J connectivity index is 1.47. The SMILES string of the molecule is CN(C)c1ccc2c(=NCc3ccccc3N=P(c3ccccc3)(c3ccccc3)c3ccccc3)c3ccc(N(C)C)cc3oc2c1. The third kappa shape index (κ3) is 5.94. The fourth-order valence-corrected chi connectivity index (χ4v) is 9.76. The molecule has 0 amide bonds. The average Bonchev–Trinajstić information content (AvgIpc) is 3.13. The lowest BCUT2D eigenvalue weighted by Gasteiger charge is -2.27. The van der Waals surface area contributed by atoms with Gasteiger partial charge in [-0.3, -0.25) is 9.74 Å². The molecule has 0 aliphatic carbocycles. The lowest BCUT2D eigenvalue weighted by Crippen LogP contribution is -2.25. The molecule has 6 heteroatoms. The predicted octanol–water partition coefficient (Wildman–Crippen LogP) is 8.63. The molecule has 0 unspecified atom stereocenters. The maximum atomic E-state index is 6.53. The van der Waals surface area contributed by atoms with Crippen LogP contribution in [0.5, 0.6) is 0 Å². The maximum Gasteiger partial charge on any atom is 0.138 e. The van der Waals surface area contributed by atoms with E-state index in [0.29, 0.717) is 6.54 Å². The van der Waals surface area contributed by atoms with Crippen molar-refractivity contribution in [2.45, 2.75) is 6.54 Å². The summed E-state index contributed by atoms with van der Waals surface area (Å²) in [5.74, 6) is 0. The number of nitrogens with zero attached hydrogens (tertiary/aromatic N) is 4. The van der Waals surface area contributed by atoms with E-state index in [1.165, 1.54) is 15.9 Å².